The van der Waals surface area contributed by atoms with Gasteiger partial charge < -0.3 is 9.05 Å². The fourth-order valence-corrected chi connectivity index (χ4v) is 4.57. The van der Waals surface area contributed by atoms with Crippen LogP contribution in [0.15, 0.2) is 42.5 Å². The van der Waals surface area contributed by atoms with Crippen molar-refractivity contribution in [3.8, 4) is 0 Å². The molecule has 0 aromatic heterocycles. The van der Waals surface area contributed by atoms with Crippen molar-refractivity contribution in [2.75, 3.05) is 13.2 Å². The molecule has 2 rings (SSSR count). The summed E-state index contributed by atoms with van der Waals surface area (Å²) in [7, 11) is -3.35. The monoisotopic (exact) mass is 364 g/mol. The van der Waals surface area contributed by atoms with E-state index in [-0.39, 0.29) is 0 Å². The van der Waals surface area contributed by atoms with E-state index in [1.807, 2.05) is 75.4 Å². The van der Waals surface area contributed by atoms with Crippen molar-refractivity contribution in [3.05, 3.63) is 64.2 Å². The summed E-state index contributed by atoms with van der Waals surface area (Å²) < 4.78 is 24.3. The fraction of sp³-hybridized carbons (Fsp3) is 0.263. The molecule has 0 aliphatic heterocycles. The molecule has 2 aromatic carbocycles. The second-order valence-corrected chi connectivity index (χ2v) is 7.63. The molecular formula is C19H22ClO3P. The van der Waals surface area contributed by atoms with Gasteiger partial charge in [-0.2, -0.15) is 0 Å². The predicted molar refractivity (Wildman–Crippen MR) is 102 cm³/mol. The lowest BCUT2D eigenvalue weighted by Crippen LogP contribution is -2.17. The average molecular weight is 365 g/mol. The highest BCUT2D eigenvalue weighted by Gasteiger charge is 2.30. The minimum Gasteiger partial charge on any atom is -0.305 e. The second-order valence-electron chi connectivity index (χ2n) is 5.23. The van der Waals surface area contributed by atoms with Crippen LogP contribution in [0, 0.1) is 6.92 Å². The Balaban J connectivity index is 2.46. The Bertz CT molecular complexity index is 744. The molecule has 24 heavy (non-hydrogen) atoms. The minimum absolute atomic E-state index is 0.325. The summed E-state index contributed by atoms with van der Waals surface area (Å²) in [5, 5.41) is 1.32. The summed E-state index contributed by atoms with van der Waals surface area (Å²) in [6.45, 7) is 6.19. The highest BCUT2D eigenvalue weighted by molar-refractivity contribution is 7.62. The molecule has 0 amide bonds. The lowest BCUT2D eigenvalue weighted by atomic mass is 10.1. The SMILES string of the molecule is CCOP(=O)(OCC)c1c(C)cccc1/C=C/c1ccc(Cl)cc1. The van der Waals surface area contributed by atoms with E-state index < -0.39 is 7.60 Å². The van der Waals surface area contributed by atoms with E-state index >= 15 is 0 Å². The van der Waals surface area contributed by atoms with Gasteiger partial charge in [0.2, 0.25) is 0 Å². The van der Waals surface area contributed by atoms with Crippen molar-refractivity contribution in [1.29, 1.82) is 0 Å². The zero-order chi connectivity index (χ0) is 17.6. The third-order valence-corrected chi connectivity index (χ3v) is 6.07. The van der Waals surface area contributed by atoms with Crippen molar-refractivity contribution in [2.24, 2.45) is 0 Å². The molecule has 0 N–H and O–H groups in total. The number of halogens is 1. The average Bonchev–Trinajstić information content (AvgIpc) is 2.54. The van der Waals surface area contributed by atoms with Gasteiger partial charge in [-0.05, 0) is 49.6 Å². The van der Waals surface area contributed by atoms with Crippen LogP contribution in [0.5, 0.6) is 0 Å². The van der Waals surface area contributed by atoms with E-state index in [1.54, 1.807) is 0 Å². The molecule has 5 heteroatoms. The zero-order valence-electron chi connectivity index (χ0n) is 14.2. The van der Waals surface area contributed by atoms with Gasteiger partial charge in [0.25, 0.3) is 0 Å². The zero-order valence-corrected chi connectivity index (χ0v) is 15.8. The molecule has 0 spiro atoms. The first-order valence-corrected chi connectivity index (χ1v) is 9.85. The Morgan fingerprint density at radius 2 is 1.62 bits per heavy atom. The van der Waals surface area contributed by atoms with Crippen LogP contribution >= 0.6 is 19.2 Å². The third-order valence-electron chi connectivity index (χ3n) is 3.47. The highest BCUT2D eigenvalue weighted by atomic mass is 35.5. The van der Waals surface area contributed by atoms with E-state index in [0.29, 0.717) is 23.5 Å². The van der Waals surface area contributed by atoms with E-state index in [2.05, 4.69) is 0 Å². The molecule has 0 aliphatic carbocycles. The van der Waals surface area contributed by atoms with Gasteiger partial charge in [-0.25, -0.2) is 0 Å². The van der Waals surface area contributed by atoms with Crippen molar-refractivity contribution < 1.29 is 13.6 Å². The minimum atomic E-state index is -3.35. The number of hydrogen-bond acceptors (Lipinski definition) is 3. The smallest absolute Gasteiger partial charge is 0.305 e. The van der Waals surface area contributed by atoms with Gasteiger partial charge in [0.05, 0.1) is 18.5 Å². The fourth-order valence-electron chi connectivity index (χ4n) is 2.46. The summed E-state index contributed by atoms with van der Waals surface area (Å²) in [4.78, 5) is 0. The van der Waals surface area contributed by atoms with Crippen molar-refractivity contribution in [3.63, 3.8) is 0 Å². The molecule has 0 fully saturated rings. The number of rotatable bonds is 7. The molecule has 3 nitrogen and oxygen atoms in total. The van der Waals surface area contributed by atoms with E-state index in [9.17, 15) is 4.57 Å². The molecule has 0 aliphatic rings. The maximum absolute atomic E-state index is 13.2. The Morgan fingerprint density at radius 3 is 2.21 bits per heavy atom. The Kier molecular flexibility index (Phi) is 6.82. The van der Waals surface area contributed by atoms with Gasteiger partial charge >= 0.3 is 7.60 Å². The molecule has 128 valence electrons. The highest BCUT2D eigenvalue weighted by Crippen LogP contribution is 2.48. The molecular weight excluding hydrogens is 343 g/mol. The topological polar surface area (TPSA) is 35.5 Å². The van der Waals surface area contributed by atoms with Crippen LogP contribution in [-0.4, -0.2) is 13.2 Å². The lowest BCUT2D eigenvalue weighted by molar-refractivity contribution is 0.230. The molecule has 2 aromatic rings. The maximum Gasteiger partial charge on any atom is 0.362 e. The third kappa shape index (κ3) is 4.58. The van der Waals surface area contributed by atoms with Gasteiger partial charge in [-0.3, -0.25) is 4.57 Å². The summed E-state index contributed by atoms with van der Waals surface area (Å²) in [6.07, 6.45) is 3.88. The molecule has 0 saturated carbocycles. The number of benzene rings is 2. The second kappa shape index (κ2) is 8.64. The summed E-state index contributed by atoms with van der Waals surface area (Å²) in [5.41, 5.74) is 2.73. The van der Waals surface area contributed by atoms with Crippen LogP contribution < -0.4 is 5.30 Å². The molecule has 0 saturated heterocycles. The molecule has 0 bridgehead atoms. The van der Waals surface area contributed by atoms with Crippen molar-refractivity contribution >= 4 is 36.7 Å². The summed E-state index contributed by atoms with van der Waals surface area (Å²) >= 11 is 5.91. The van der Waals surface area contributed by atoms with Gasteiger partial charge in [0.15, 0.2) is 0 Å². The van der Waals surface area contributed by atoms with Gasteiger partial charge in [0, 0.05) is 5.02 Å². The number of aryl methyl sites for hydroxylation is 1. The van der Waals surface area contributed by atoms with Crippen LogP contribution in [0.4, 0.5) is 0 Å². The summed E-state index contributed by atoms with van der Waals surface area (Å²) in [6, 6.07) is 13.3. The van der Waals surface area contributed by atoms with Crippen molar-refractivity contribution in [1.82, 2.24) is 0 Å². The molecule has 0 atom stereocenters. The first kappa shape index (κ1) is 19.0. The maximum atomic E-state index is 13.2. The first-order chi connectivity index (χ1) is 11.5. The Labute approximate surface area is 148 Å². The van der Waals surface area contributed by atoms with Crippen LogP contribution in [0.2, 0.25) is 5.02 Å². The molecule has 0 heterocycles. The van der Waals surface area contributed by atoms with Crippen LogP contribution in [0.25, 0.3) is 12.2 Å². The molecule has 0 radical (unpaired) electrons. The van der Waals surface area contributed by atoms with Crippen LogP contribution in [0.1, 0.15) is 30.5 Å². The van der Waals surface area contributed by atoms with E-state index in [0.717, 1.165) is 16.7 Å². The lowest BCUT2D eigenvalue weighted by Gasteiger charge is -2.21. The van der Waals surface area contributed by atoms with Gasteiger partial charge in [-0.15, -0.1) is 0 Å². The summed E-state index contributed by atoms with van der Waals surface area (Å²) in [5.74, 6) is 0. The van der Waals surface area contributed by atoms with Crippen LogP contribution in [0.3, 0.4) is 0 Å². The molecule has 0 unspecified atom stereocenters. The number of hydrogen-bond donors (Lipinski definition) is 0. The largest absolute Gasteiger partial charge is 0.362 e. The first-order valence-electron chi connectivity index (χ1n) is 7.93. The van der Waals surface area contributed by atoms with Gasteiger partial charge in [0.1, 0.15) is 0 Å². The standard InChI is InChI=1S/C19H22ClO3P/c1-4-22-24(21,23-5-2)19-15(3)7-6-8-17(19)12-9-16-10-13-18(20)14-11-16/h6-14H,4-5H2,1-3H3/b12-9+. The van der Waals surface area contributed by atoms with Gasteiger partial charge in [-0.1, -0.05) is 54.1 Å². The quantitative estimate of drug-likeness (QED) is 0.466. The predicted octanol–water partition coefficient (Wildman–Crippen LogP) is 5.71. The normalized spacial score (nSPS) is 12.0. The Hall–Kier alpha value is -1.38. The van der Waals surface area contributed by atoms with Crippen LogP contribution in [-0.2, 0) is 13.6 Å². The van der Waals surface area contributed by atoms with E-state index in [1.165, 1.54) is 0 Å². The Morgan fingerprint density at radius 1 is 1.00 bits per heavy atom. The van der Waals surface area contributed by atoms with Crippen molar-refractivity contribution in [2.45, 2.75) is 20.8 Å². The van der Waals surface area contributed by atoms with E-state index in [4.69, 9.17) is 20.6 Å².